The van der Waals surface area contributed by atoms with Crippen molar-refractivity contribution in [2.75, 3.05) is 13.2 Å². The van der Waals surface area contributed by atoms with Crippen LogP contribution in [0.1, 0.15) is 94.4 Å². The van der Waals surface area contributed by atoms with Gasteiger partial charge < -0.3 is 10.2 Å². The summed E-state index contributed by atoms with van der Waals surface area (Å²) in [7, 11) is 0. The topological polar surface area (TPSA) is 65.4 Å². The molecule has 2 aliphatic heterocycles. The van der Waals surface area contributed by atoms with Gasteiger partial charge in [0.15, 0.2) is 0 Å². The molecule has 30 heavy (non-hydrogen) atoms. The molecule has 0 radical (unpaired) electrons. The lowest BCUT2D eigenvalue weighted by molar-refractivity contribution is -0.292. The number of hydroxylamine groups is 4. The third kappa shape index (κ3) is 7.28. The van der Waals surface area contributed by atoms with Crippen molar-refractivity contribution in [1.29, 1.82) is 0 Å². The van der Waals surface area contributed by atoms with E-state index in [-0.39, 0.29) is 34.4 Å². The Hall–Kier alpha value is -0.500. The van der Waals surface area contributed by atoms with Crippen molar-refractivity contribution in [3.8, 4) is 0 Å². The van der Waals surface area contributed by atoms with Crippen LogP contribution in [0.5, 0.6) is 0 Å². The SMILES string of the molecule is C=CCON1C(C)(C)CC(O)CC1(C)C.CCCON1C(C)(C)CC(O)CC1(C)C. The molecule has 2 aliphatic rings. The summed E-state index contributed by atoms with van der Waals surface area (Å²) < 4.78 is 0. The molecule has 0 aliphatic carbocycles. The van der Waals surface area contributed by atoms with Crippen LogP contribution in [0.4, 0.5) is 0 Å². The molecule has 0 aromatic rings. The van der Waals surface area contributed by atoms with E-state index in [0.717, 1.165) is 38.7 Å². The van der Waals surface area contributed by atoms with Crippen molar-refractivity contribution < 1.29 is 19.9 Å². The first kappa shape index (κ1) is 27.5. The van der Waals surface area contributed by atoms with Gasteiger partial charge in [0.1, 0.15) is 0 Å². The number of hydrogen-bond acceptors (Lipinski definition) is 6. The minimum atomic E-state index is -0.237. The van der Waals surface area contributed by atoms with Gasteiger partial charge in [-0.2, -0.15) is 10.1 Å². The maximum absolute atomic E-state index is 9.84. The van der Waals surface area contributed by atoms with E-state index < -0.39 is 0 Å². The highest BCUT2D eigenvalue weighted by Crippen LogP contribution is 2.39. The fraction of sp³-hybridized carbons (Fsp3) is 0.917. The Morgan fingerprint density at radius 3 is 1.40 bits per heavy atom. The number of aliphatic hydroxyl groups excluding tert-OH is 2. The van der Waals surface area contributed by atoms with Crippen LogP contribution in [0.3, 0.4) is 0 Å². The first-order valence-electron chi connectivity index (χ1n) is 11.4. The molecule has 0 atom stereocenters. The molecule has 0 unspecified atom stereocenters. The van der Waals surface area contributed by atoms with Crippen LogP contribution < -0.4 is 0 Å². The Labute approximate surface area is 185 Å². The van der Waals surface area contributed by atoms with Gasteiger partial charge in [-0.05, 0) is 87.5 Å². The molecule has 2 heterocycles. The minimum absolute atomic E-state index is 0.0870. The van der Waals surface area contributed by atoms with Crippen LogP contribution in [0.15, 0.2) is 12.7 Å². The van der Waals surface area contributed by atoms with Crippen molar-refractivity contribution in [3.63, 3.8) is 0 Å². The summed E-state index contributed by atoms with van der Waals surface area (Å²) in [6.45, 7) is 24.0. The molecule has 0 aromatic heterocycles. The number of rotatable bonds is 6. The van der Waals surface area contributed by atoms with Crippen LogP contribution in [-0.2, 0) is 9.68 Å². The smallest absolute Gasteiger partial charge is 0.0864 e. The second-order valence-electron chi connectivity index (χ2n) is 11.4. The van der Waals surface area contributed by atoms with E-state index in [1.165, 1.54) is 0 Å². The first-order valence-corrected chi connectivity index (χ1v) is 11.4. The van der Waals surface area contributed by atoms with E-state index in [2.05, 4.69) is 74.0 Å². The summed E-state index contributed by atoms with van der Waals surface area (Å²) in [6, 6.07) is 0. The second kappa shape index (κ2) is 10.4. The molecule has 6 nitrogen and oxygen atoms in total. The number of hydrogen-bond donors (Lipinski definition) is 2. The molecule has 178 valence electrons. The predicted octanol–water partition coefficient (Wildman–Crippen LogP) is 4.46. The van der Waals surface area contributed by atoms with Crippen molar-refractivity contribution in [3.05, 3.63) is 12.7 Å². The number of aliphatic hydroxyl groups is 2. The van der Waals surface area contributed by atoms with E-state index in [9.17, 15) is 10.2 Å². The molecule has 0 saturated carbocycles. The summed E-state index contributed by atoms with van der Waals surface area (Å²) in [5, 5.41) is 23.8. The average Bonchev–Trinajstić information content (AvgIpc) is 2.50. The lowest BCUT2D eigenvalue weighted by Gasteiger charge is -2.52. The van der Waals surface area contributed by atoms with Gasteiger partial charge in [0.05, 0.1) is 25.4 Å². The Bertz CT molecular complexity index is 509. The highest BCUT2D eigenvalue weighted by Gasteiger charge is 2.47. The molecular weight excluding hydrogens is 380 g/mol. The zero-order valence-corrected chi connectivity index (χ0v) is 21.0. The fourth-order valence-electron chi connectivity index (χ4n) is 5.43. The monoisotopic (exact) mass is 428 g/mol. The third-order valence-electron chi connectivity index (χ3n) is 5.89. The Morgan fingerprint density at radius 2 is 1.10 bits per heavy atom. The highest BCUT2D eigenvalue weighted by molar-refractivity contribution is 4.97. The van der Waals surface area contributed by atoms with Crippen LogP contribution in [0.2, 0.25) is 0 Å². The molecule has 0 aromatic carbocycles. The van der Waals surface area contributed by atoms with Crippen molar-refractivity contribution in [2.45, 2.75) is 129 Å². The van der Waals surface area contributed by atoms with Crippen LogP contribution in [-0.4, -0.2) is 67.9 Å². The quantitative estimate of drug-likeness (QED) is 0.609. The maximum atomic E-state index is 9.84. The number of nitrogens with zero attached hydrogens (tertiary/aromatic N) is 2. The van der Waals surface area contributed by atoms with Gasteiger partial charge in [0.2, 0.25) is 0 Å². The number of piperidine rings is 2. The van der Waals surface area contributed by atoms with Gasteiger partial charge >= 0.3 is 0 Å². The lowest BCUT2D eigenvalue weighted by atomic mass is 9.80. The molecule has 2 rings (SSSR count). The third-order valence-corrected chi connectivity index (χ3v) is 5.89. The largest absolute Gasteiger partial charge is 0.393 e. The van der Waals surface area contributed by atoms with E-state index in [4.69, 9.17) is 9.68 Å². The maximum Gasteiger partial charge on any atom is 0.0864 e. The molecule has 0 spiro atoms. The standard InChI is InChI=1S/C12H25NO2.C12H23NO2/c2*1-6-7-15-13-11(2,3)8-10(14)9-12(13,4)5/h10,14H,6-9H2,1-5H3;6,10,14H,1,7-9H2,2-5H3. The fourth-order valence-corrected chi connectivity index (χ4v) is 5.43. The Balaban J connectivity index is 0.000000300. The molecule has 6 heteroatoms. The molecule has 2 saturated heterocycles. The second-order valence-corrected chi connectivity index (χ2v) is 11.4. The van der Waals surface area contributed by atoms with E-state index in [0.29, 0.717) is 6.61 Å². The lowest BCUT2D eigenvalue weighted by Crippen LogP contribution is -2.61. The summed E-state index contributed by atoms with van der Waals surface area (Å²) in [6.07, 6.45) is 5.36. The van der Waals surface area contributed by atoms with Crippen LogP contribution in [0.25, 0.3) is 0 Å². The molecular formula is C24H48N2O4. The molecule has 2 N–H and O–H groups in total. The Kier molecular flexibility index (Phi) is 9.56. The molecule has 0 amide bonds. The minimum Gasteiger partial charge on any atom is -0.393 e. The summed E-state index contributed by atoms with van der Waals surface area (Å²) >= 11 is 0. The van der Waals surface area contributed by atoms with Crippen LogP contribution >= 0.6 is 0 Å². The van der Waals surface area contributed by atoms with Crippen molar-refractivity contribution in [1.82, 2.24) is 10.1 Å². The summed E-state index contributed by atoms with van der Waals surface area (Å²) in [5.74, 6) is 0. The predicted molar refractivity (Wildman–Crippen MR) is 123 cm³/mol. The van der Waals surface area contributed by atoms with Gasteiger partial charge in [0, 0.05) is 22.2 Å². The van der Waals surface area contributed by atoms with Gasteiger partial charge in [-0.3, -0.25) is 9.68 Å². The molecule has 0 bridgehead atoms. The van der Waals surface area contributed by atoms with Crippen LogP contribution in [0, 0.1) is 0 Å². The summed E-state index contributed by atoms with van der Waals surface area (Å²) in [4.78, 5) is 11.5. The van der Waals surface area contributed by atoms with Crippen molar-refractivity contribution in [2.24, 2.45) is 0 Å². The zero-order valence-electron chi connectivity index (χ0n) is 21.0. The van der Waals surface area contributed by atoms with Crippen molar-refractivity contribution >= 4 is 0 Å². The van der Waals surface area contributed by atoms with Gasteiger partial charge in [0.25, 0.3) is 0 Å². The first-order chi connectivity index (χ1) is 13.6. The zero-order chi connectivity index (χ0) is 23.4. The Morgan fingerprint density at radius 1 is 0.767 bits per heavy atom. The van der Waals surface area contributed by atoms with Gasteiger partial charge in [-0.25, -0.2) is 0 Å². The average molecular weight is 429 g/mol. The highest BCUT2D eigenvalue weighted by atomic mass is 16.7. The van der Waals surface area contributed by atoms with E-state index >= 15 is 0 Å². The normalized spacial score (nSPS) is 26.6. The molecule has 2 fully saturated rings. The van der Waals surface area contributed by atoms with Gasteiger partial charge in [-0.1, -0.05) is 13.0 Å². The van der Waals surface area contributed by atoms with E-state index in [1.807, 2.05) is 5.06 Å². The van der Waals surface area contributed by atoms with Gasteiger partial charge in [-0.15, -0.1) is 6.58 Å². The van der Waals surface area contributed by atoms with E-state index in [1.54, 1.807) is 6.08 Å². The summed E-state index contributed by atoms with van der Waals surface area (Å²) in [5.41, 5.74) is -0.443.